The van der Waals surface area contributed by atoms with E-state index in [9.17, 15) is 14.4 Å². The number of carbonyl (C=O) groups is 3. The molecule has 3 aromatic heterocycles. The molecule has 62 heavy (non-hydrogen) atoms. The first-order valence-electron chi connectivity index (χ1n) is 20.3. The maximum atomic E-state index is 13.0. The number of aryl methyl sites for hydroxylation is 1. The molecule has 9 heteroatoms. The van der Waals surface area contributed by atoms with Crippen LogP contribution < -0.4 is 0 Å². The predicted octanol–water partition coefficient (Wildman–Crippen LogP) is 11.5. The first-order valence-corrected chi connectivity index (χ1v) is 20.3. The summed E-state index contributed by atoms with van der Waals surface area (Å²) in [5.41, 5.74) is 10.3. The Bertz CT molecular complexity index is 3280. The highest BCUT2D eigenvalue weighted by Gasteiger charge is 2.36. The van der Waals surface area contributed by atoms with Gasteiger partial charge in [0.1, 0.15) is 52.8 Å². The fourth-order valence-corrected chi connectivity index (χ4v) is 8.15. The van der Waals surface area contributed by atoms with Gasteiger partial charge in [-0.2, -0.15) is 41.8 Å². The zero-order valence-electron chi connectivity index (χ0n) is 33.7. The van der Waals surface area contributed by atoms with Gasteiger partial charge in [0, 0.05) is 11.1 Å². The number of hydrogen-bond acceptors (Lipinski definition) is 3. The minimum Gasteiger partial charge on any atom is -0.196 e. The minimum atomic E-state index is -0.0471. The van der Waals surface area contributed by atoms with Crippen LogP contribution in [0.4, 0.5) is 31.4 Å². The molecule has 0 unspecified atom stereocenters. The van der Waals surface area contributed by atoms with Gasteiger partial charge in [0.25, 0.3) is 0 Å². The average molecular weight is 808 g/mol. The summed E-state index contributed by atoms with van der Waals surface area (Å²) in [6, 6.07) is 65.3. The van der Waals surface area contributed by atoms with Crippen LogP contribution in [0.25, 0.3) is 33.3 Å². The van der Waals surface area contributed by atoms with Gasteiger partial charge in [0.15, 0.2) is 17.1 Å². The van der Waals surface area contributed by atoms with Crippen LogP contribution in [0.5, 0.6) is 0 Å². The molecule has 12 rings (SSSR count). The summed E-state index contributed by atoms with van der Waals surface area (Å²) >= 11 is 0. The van der Waals surface area contributed by atoms with Crippen LogP contribution in [-0.2, 0) is 0 Å². The first-order chi connectivity index (χ1) is 30.4. The first kappa shape index (κ1) is 37.7. The Labute approximate surface area is 357 Å². The van der Waals surface area contributed by atoms with Crippen molar-refractivity contribution in [2.75, 3.05) is 0 Å². The second-order valence-corrected chi connectivity index (χ2v) is 14.9. The van der Waals surface area contributed by atoms with Crippen LogP contribution in [0.1, 0.15) is 22.8 Å². The molecule has 9 aromatic rings. The summed E-state index contributed by atoms with van der Waals surface area (Å²) in [6.45, 7) is 1.93. The molecule has 3 aliphatic rings. The van der Waals surface area contributed by atoms with Gasteiger partial charge >= 0.3 is 18.1 Å². The van der Waals surface area contributed by atoms with Gasteiger partial charge in [-0.25, -0.2) is 0 Å². The van der Waals surface area contributed by atoms with E-state index in [2.05, 4.69) is 24.3 Å². The summed E-state index contributed by atoms with van der Waals surface area (Å²) in [4.78, 5) is 37.9. The Kier molecular flexibility index (Phi) is 9.66. The molecule has 0 spiro atoms. The van der Waals surface area contributed by atoms with Crippen molar-refractivity contribution in [3.63, 3.8) is 0 Å². The molecule has 0 radical (unpaired) electrons. The van der Waals surface area contributed by atoms with Crippen molar-refractivity contribution in [3.8, 4) is 22.5 Å². The fourth-order valence-electron chi connectivity index (χ4n) is 8.15. The molecule has 6 aromatic carbocycles. The molecule has 0 aliphatic carbocycles. The third kappa shape index (κ3) is 6.73. The molecule has 0 N–H and O–H groups in total. The van der Waals surface area contributed by atoms with Crippen LogP contribution in [0, 0.1) is 6.92 Å². The van der Waals surface area contributed by atoms with Crippen molar-refractivity contribution >= 4 is 64.6 Å². The normalized spacial score (nSPS) is 13.3. The van der Waals surface area contributed by atoms with Crippen molar-refractivity contribution in [1.82, 2.24) is 13.7 Å². The third-order valence-electron chi connectivity index (χ3n) is 11.1. The van der Waals surface area contributed by atoms with Crippen LogP contribution in [0.3, 0.4) is 0 Å². The quantitative estimate of drug-likeness (QED) is 0.163. The number of para-hydroxylation sites is 3. The van der Waals surface area contributed by atoms with Gasteiger partial charge in [0.2, 0.25) is 0 Å². The summed E-state index contributed by atoms with van der Waals surface area (Å²) in [6.07, 6.45) is 5.64. The van der Waals surface area contributed by atoms with Gasteiger partial charge in [0.05, 0.1) is 0 Å². The molecule has 9 nitrogen and oxygen atoms in total. The molecule has 0 fully saturated rings. The van der Waals surface area contributed by atoms with Crippen molar-refractivity contribution in [1.29, 1.82) is 0 Å². The predicted molar refractivity (Wildman–Crippen MR) is 243 cm³/mol. The highest BCUT2D eigenvalue weighted by Crippen LogP contribution is 2.33. The van der Waals surface area contributed by atoms with E-state index < -0.39 is 0 Å². The smallest absolute Gasteiger partial charge is 0.196 e. The Morgan fingerprint density at radius 3 is 1.29 bits per heavy atom. The maximum absolute atomic E-state index is 13.0. The molecule has 6 heterocycles. The molecule has 3 amide bonds. The number of nitrogens with zero attached hydrogens (tertiary/aromatic N) is 6. The van der Waals surface area contributed by atoms with Crippen molar-refractivity contribution < 1.29 is 28.1 Å². The third-order valence-corrected chi connectivity index (χ3v) is 11.1. The second-order valence-electron chi connectivity index (χ2n) is 14.9. The van der Waals surface area contributed by atoms with E-state index >= 15 is 0 Å². The zero-order valence-corrected chi connectivity index (χ0v) is 33.7. The molecular weight excluding hydrogens is 769 g/mol. The lowest BCUT2D eigenvalue weighted by Crippen LogP contribution is -2.17. The highest BCUT2D eigenvalue weighted by atomic mass is 16.2. The van der Waals surface area contributed by atoms with Gasteiger partial charge in [-0.3, -0.25) is 0 Å². The topological polar surface area (TPSA) is 75.0 Å². The van der Waals surface area contributed by atoms with Crippen molar-refractivity contribution in [2.24, 2.45) is 0 Å². The lowest BCUT2D eigenvalue weighted by molar-refractivity contribution is -0.322. The number of fused-ring (bicyclic) bond motifs is 4. The summed E-state index contributed by atoms with van der Waals surface area (Å²) < 4.78 is 10.3. The Morgan fingerprint density at radius 2 is 0.758 bits per heavy atom. The van der Waals surface area contributed by atoms with E-state index in [0.29, 0.717) is 0 Å². The van der Waals surface area contributed by atoms with Crippen LogP contribution in [0.2, 0.25) is 0 Å². The Hall–Kier alpha value is -8.56. The Morgan fingerprint density at radius 1 is 0.355 bits per heavy atom. The zero-order chi connectivity index (χ0) is 42.2. The highest BCUT2D eigenvalue weighted by molar-refractivity contribution is 6.01. The number of amides is 3. The van der Waals surface area contributed by atoms with E-state index in [1.54, 1.807) is 27.4 Å². The maximum Gasteiger partial charge on any atom is 0.509 e. The van der Waals surface area contributed by atoms with Crippen LogP contribution in [-0.4, -0.2) is 64.2 Å². The van der Waals surface area contributed by atoms with Crippen molar-refractivity contribution in [2.45, 2.75) is 6.92 Å². The Balaban J connectivity index is 0.000000114. The molecule has 0 saturated heterocycles. The molecule has 3 aliphatic heterocycles. The van der Waals surface area contributed by atoms with Gasteiger partial charge in [-0.1, -0.05) is 127 Å². The van der Waals surface area contributed by atoms with Gasteiger partial charge in [-0.05, 0) is 90.5 Å². The lowest BCUT2D eigenvalue weighted by atomic mass is 10.0. The SMILES string of the molecule is Cc1ccc2n1C(=O)[N+](c1ccccc1)=C2.O=C1n2c(ccc2-c2cccc3ccccc23)C=[N+]1c1ccccc1.O=C1n2c(ccc2-c2ccccc2)C=[N+]1c1ccccc1. The fraction of sp³-hybridized carbons (Fsp3) is 0.0189. The monoisotopic (exact) mass is 807 g/mol. The summed E-state index contributed by atoms with van der Waals surface area (Å²) in [5, 5.41) is 2.32. The van der Waals surface area contributed by atoms with Crippen LogP contribution >= 0.6 is 0 Å². The van der Waals surface area contributed by atoms with Gasteiger partial charge in [-0.15, -0.1) is 0 Å². The number of rotatable bonds is 5. The average Bonchev–Trinajstić information content (AvgIpc) is 4.19. The molecule has 0 atom stereocenters. The van der Waals surface area contributed by atoms with E-state index in [1.165, 1.54) is 5.39 Å². The van der Waals surface area contributed by atoms with E-state index in [1.807, 2.05) is 201 Å². The lowest BCUT2D eigenvalue weighted by Gasteiger charge is -2.05. The number of benzene rings is 6. The number of hydrogen-bond donors (Lipinski definition) is 0. The van der Waals surface area contributed by atoms with E-state index in [-0.39, 0.29) is 18.1 Å². The minimum absolute atomic E-state index is 0.0105. The summed E-state index contributed by atoms with van der Waals surface area (Å²) in [7, 11) is 0. The number of aromatic nitrogens is 3. The number of carbonyl (C=O) groups excluding carboxylic acids is 3. The summed E-state index contributed by atoms with van der Waals surface area (Å²) in [5.74, 6) is 0. The largest absolute Gasteiger partial charge is 0.509 e. The van der Waals surface area contributed by atoms with Crippen LogP contribution in [0.15, 0.2) is 200 Å². The van der Waals surface area contributed by atoms with E-state index in [0.717, 1.165) is 67.7 Å². The van der Waals surface area contributed by atoms with Crippen molar-refractivity contribution in [3.05, 3.63) is 223 Å². The molecule has 296 valence electrons. The molecular formula is C53H39N6O3+3. The molecule has 0 saturated carbocycles. The van der Waals surface area contributed by atoms with E-state index in [4.69, 9.17) is 0 Å². The standard InChI is InChI=1S/C22H15N2O.C18H13N2O.C13H11N2O/c25-22-23(17-9-2-1-3-10-17)15-18-13-14-21(24(18)22)20-12-6-8-16-7-4-5-11-19(16)20;21-18-19(15-9-5-2-6-10-15)13-16-11-12-17(20(16)18)14-7-3-1-4-8-14;1-10-7-8-12-9-14(13(16)15(10)12)11-5-3-2-4-6-11/h1-15H;1-13H;2-9H,1H3/q3*+1. The second kappa shape index (κ2) is 15.9. The van der Waals surface area contributed by atoms with Gasteiger partial charge < -0.3 is 0 Å². The molecule has 0 bridgehead atoms.